The normalized spacial score (nSPS) is 16.1. The molecule has 2 heterocycles. The summed E-state index contributed by atoms with van der Waals surface area (Å²) >= 11 is 0. The van der Waals surface area contributed by atoms with Gasteiger partial charge in [-0.05, 0) is 119 Å². The molecule has 5 N–H and O–H groups in total. The number of nitrogens with zero attached hydrogens (tertiary/aromatic N) is 5. The molecule has 1 atom stereocenters. The summed E-state index contributed by atoms with van der Waals surface area (Å²) in [7, 11) is 0. The van der Waals surface area contributed by atoms with Gasteiger partial charge >= 0.3 is 6.09 Å². The molecule has 0 unspecified atom stereocenters. The molecule has 2 aromatic carbocycles. The third-order valence-corrected chi connectivity index (χ3v) is 10.2. The molecule has 2 aromatic heterocycles. The summed E-state index contributed by atoms with van der Waals surface area (Å²) in [6.45, 7) is 15.2. The van der Waals surface area contributed by atoms with E-state index in [0.717, 1.165) is 60.4 Å². The molecule has 0 radical (unpaired) electrons. The predicted octanol–water partition coefficient (Wildman–Crippen LogP) is 5.31. The molecule has 4 amide bonds. The number of benzene rings is 2. The molecule has 1 aliphatic rings. The van der Waals surface area contributed by atoms with Crippen molar-refractivity contribution >= 4 is 29.5 Å². The molecule has 1 saturated carbocycles. The van der Waals surface area contributed by atoms with Crippen LogP contribution in [0.15, 0.2) is 60.7 Å². The molecule has 15 heteroatoms. The largest absolute Gasteiger partial charge is 0.444 e. The Morgan fingerprint density at radius 2 is 1.58 bits per heavy atom. The number of tetrazole rings is 1. The van der Waals surface area contributed by atoms with Crippen molar-refractivity contribution in [3.8, 4) is 22.5 Å². The minimum atomic E-state index is -0.852. The Bertz CT molecular complexity index is 1930. The highest BCUT2D eigenvalue weighted by atomic mass is 16.6. The van der Waals surface area contributed by atoms with Crippen molar-refractivity contribution in [2.75, 3.05) is 38.0 Å². The summed E-state index contributed by atoms with van der Waals surface area (Å²) in [5.41, 5.74) is 4.49. The lowest BCUT2D eigenvalue weighted by Crippen LogP contribution is -2.48. The second-order valence-electron chi connectivity index (χ2n) is 15.5. The molecule has 1 aliphatic carbocycles. The minimum Gasteiger partial charge on any atom is -0.444 e. The molecule has 0 aliphatic heterocycles. The monoisotopic (exact) mass is 780 g/mol. The molecule has 0 spiro atoms. The van der Waals surface area contributed by atoms with Crippen LogP contribution < -0.4 is 21.3 Å². The molecule has 0 bridgehead atoms. The maximum absolute atomic E-state index is 13.8. The number of aromatic nitrogens is 5. The number of hydrogen-bond acceptors (Lipinski definition) is 10. The zero-order valence-electron chi connectivity index (χ0n) is 33.9. The van der Waals surface area contributed by atoms with Gasteiger partial charge in [-0.3, -0.25) is 14.4 Å². The first-order valence-corrected chi connectivity index (χ1v) is 19.8. The quantitative estimate of drug-likeness (QED) is 0.0995. The Labute approximate surface area is 334 Å². The third kappa shape index (κ3) is 12.7. The summed E-state index contributed by atoms with van der Waals surface area (Å²) < 4.78 is 5.36. The first kappa shape index (κ1) is 42.4. The number of alkyl carbamates (subject to hydrolysis) is 1. The highest BCUT2D eigenvalue weighted by molar-refractivity contribution is 5.98. The summed E-state index contributed by atoms with van der Waals surface area (Å²) in [6, 6.07) is 17.7. The number of aromatic amines is 1. The molecule has 4 aromatic rings. The van der Waals surface area contributed by atoms with Gasteiger partial charge in [-0.1, -0.05) is 44.2 Å². The number of likely N-dealkylation sites (N-methyl/N-ethyl adjacent to an activating group) is 1. The van der Waals surface area contributed by atoms with Gasteiger partial charge in [0.2, 0.25) is 17.6 Å². The summed E-state index contributed by atoms with van der Waals surface area (Å²) in [5, 5.41) is 25.9. The molecule has 57 heavy (non-hydrogen) atoms. The van der Waals surface area contributed by atoms with Crippen molar-refractivity contribution in [2.45, 2.75) is 85.3 Å². The van der Waals surface area contributed by atoms with Crippen LogP contribution in [0.2, 0.25) is 0 Å². The van der Waals surface area contributed by atoms with E-state index in [2.05, 4.69) is 65.6 Å². The third-order valence-electron chi connectivity index (χ3n) is 10.2. The van der Waals surface area contributed by atoms with Crippen LogP contribution in [0.4, 0.5) is 10.5 Å². The Kier molecular flexibility index (Phi) is 14.8. The molecule has 304 valence electrons. The lowest BCUT2D eigenvalue weighted by atomic mass is 9.81. The van der Waals surface area contributed by atoms with Gasteiger partial charge in [-0.2, -0.15) is 5.21 Å². The Balaban J connectivity index is 1.23. The smallest absolute Gasteiger partial charge is 0.407 e. The van der Waals surface area contributed by atoms with Crippen LogP contribution in [0.1, 0.15) is 82.0 Å². The summed E-state index contributed by atoms with van der Waals surface area (Å²) in [5.74, 6) is -0.296. The van der Waals surface area contributed by atoms with Gasteiger partial charge in [0.25, 0.3) is 5.91 Å². The molecule has 0 saturated heterocycles. The standard InChI is InChI=1S/C42H56N10O5/c1-7-52(8-2)24-23-43-39(54)35-22-21-34(27(3)45-35)30-13-9-28(10-14-30)25-36(40(55)46-33-19-17-31(18-20-33)37-48-50-51-49-37)47-38(53)32-15-11-29(12-16-32)26-44-41(56)57-42(4,5)6/h9-10,13-14,17-22,29,32,36H,7-8,11-12,15-16,23-26H2,1-6H3,(H,43,54)(H,44,56)(H,46,55)(H,47,53)(H,48,49,50,51)/t29?,32?,36-/m0/s1. The SMILES string of the molecule is CCN(CC)CCNC(=O)c1ccc(-c2ccc(C[C@H](NC(=O)C3CCC(CNC(=O)OC(C)(C)C)CC3)C(=O)Nc3ccc(-c4nn[nH]n4)cc3)cc2)c(C)n1. The van der Waals surface area contributed by atoms with Crippen LogP contribution in [0, 0.1) is 18.8 Å². The van der Waals surface area contributed by atoms with Crippen LogP contribution in [0.25, 0.3) is 22.5 Å². The number of amides is 4. The van der Waals surface area contributed by atoms with Gasteiger partial charge in [0.15, 0.2) is 0 Å². The molecular formula is C42H56N10O5. The second kappa shape index (κ2) is 19.9. The number of anilines is 1. The van der Waals surface area contributed by atoms with E-state index in [9.17, 15) is 19.2 Å². The number of pyridine rings is 1. The van der Waals surface area contributed by atoms with Crippen molar-refractivity contribution in [1.29, 1.82) is 0 Å². The van der Waals surface area contributed by atoms with Gasteiger partial charge < -0.3 is 30.9 Å². The summed E-state index contributed by atoms with van der Waals surface area (Å²) in [6.07, 6.45) is 2.66. The van der Waals surface area contributed by atoms with E-state index in [-0.39, 0.29) is 36.0 Å². The number of nitrogens with one attached hydrogen (secondary N) is 5. The minimum absolute atomic E-state index is 0.170. The van der Waals surface area contributed by atoms with Crippen LogP contribution in [-0.2, 0) is 20.7 Å². The highest BCUT2D eigenvalue weighted by Crippen LogP contribution is 2.29. The van der Waals surface area contributed by atoms with Gasteiger partial charge in [0.1, 0.15) is 17.3 Å². The van der Waals surface area contributed by atoms with Gasteiger partial charge in [0, 0.05) is 54.5 Å². The zero-order valence-corrected chi connectivity index (χ0v) is 33.9. The fraction of sp³-hybridized carbons (Fsp3) is 0.476. The molecular weight excluding hydrogens is 725 g/mol. The van der Waals surface area contributed by atoms with Crippen LogP contribution in [-0.4, -0.2) is 98.7 Å². The number of carbonyl (C=O) groups excluding carboxylic acids is 4. The first-order chi connectivity index (χ1) is 27.3. The van der Waals surface area contributed by atoms with E-state index in [1.54, 1.807) is 30.3 Å². The molecule has 1 fully saturated rings. The van der Waals surface area contributed by atoms with Crippen LogP contribution in [0.3, 0.4) is 0 Å². The number of hydrogen-bond donors (Lipinski definition) is 5. The maximum atomic E-state index is 13.8. The molecule has 5 rings (SSSR count). The topological polar surface area (TPSA) is 196 Å². The number of ether oxygens (including phenoxy) is 1. The van der Waals surface area contributed by atoms with Crippen molar-refractivity contribution < 1.29 is 23.9 Å². The summed E-state index contributed by atoms with van der Waals surface area (Å²) in [4.78, 5) is 59.3. The number of carbonyl (C=O) groups is 4. The van der Waals surface area contributed by atoms with E-state index in [4.69, 9.17) is 4.74 Å². The maximum Gasteiger partial charge on any atom is 0.407 e. The van der Waals surface area contributed by atoms with Crippen LogP contribution >= 0.6 is 0 Å². The van der Waals surface area contributed by atoms with Crippen molar-refractivity contribution in [2.24, 2.45) is 11.8 Å². The van der Waals surface area contributed by atoms with E-state index >= 15 is 0 Å². The Morgan fingerprint density at radius 3 is 2.19 bits per heavy atom. The van der Waals surface area contributed by atoms with Gasteiger partial charge in [0.05, 0.1) is 0 Å². The number of rotatable bonds is 16. The van der Waals surface area contributed by atoms with Gasteiger partial charge in [-0.25, -0.2) is 9.78 Å². The van der Waals surface area contributed by atoms with E-state index in [1.165, 1.54) is 0 Å². The second-order valence-corrected chi connectivity index (χ2v) is 15.5. The van der Waals surface area contributed by atoms with Crippen LogP contribution in [0.5, 0.6) is 0 Å². The number of aryl methyl sites for hydroxylation is 1. The Hall–Kier alpha value is -5.70. The average Bonchev–Trinajstić information content (AvgIpc) is 3.74. The van der Waals surface area contributed by atoms with E-state index in [0.29, 0.717) is 43.1 Å². The fourth-order valence-corrected chi connectivity index (χ4v) is 6.89. The average molecular weight is 781 g/mol. The highest BCUT2D eigenvalue weighted by Gasteiger charge is 2.30. The fourth-order valence-electron chi connectivity index (χ4n) is 6.89. The Morgan fingerprint density at radius 1 is 0.895 bits per heavy atom. The van der Waals surface area contributed by atoms with Crippen molar-refractivity contribution in [3.63, 3.8) is 0 Å². The number of H-pyrrole nitrogens is 1. The first-order valence-electron chi connectivity index (χ1n) is 19.8. The van der Waals surface area contributed by atoms with E-state index < -0.39 is 17.7 Å². The van der Waals surface area contributed by atoms with E-state index in [1.807, 2.05) is 58.0 Å². The van der Waals surface area contributed by atoms with Gasteiger partial charge in [-0.15, -0.1) is 10.2 Å². The van der Waals surface area contributed by atoms with Crippen molar-refractivity contribution in [1.82, 2.24) is 46.5 Å². The lowest BCUT2D eigenvalue weighted by Gasteiger charge is -2.29. The lowest BCUT2D eigenvalue weighted by molar-refractivity contribution is -0.130. The molecule has 15 nitrogen and oxygen atoms in total. The predicted molar refractivity (Wildman–Crippen MR) is 218 cm³/mol. The van der Waals surface area contributed by atoms with Crippen molar-refractivity contribution in [3.05, 3.63) is 77.6 Å². The zero-order chi connectivity index (χ0) is 41.0.